The maximum Gasteiger partial charge on any atom is 0.308 e. The molecule has 7 atom stereocenters. The second kappa shape index (κ2) is 19.5. The Morgan fingerprint density at radius 1 is 0.811 bits per heavy atom. The lowest BCUT2D eigenvalue weighted by molar-refractivity contribution is -0.304. The first-order valence-corrected chi connectivity index (χ1v) is 14.1. The number of carboxylic acid groups (broad SMARTS) is 1. The summed E-state index contributed by atoms with van der Waals surface area (Å²) in [7, 11) is 0. The van der Waals surface area contributed by atoms with Gasteiger partial charge in [-0.3, -0.25) is 9.59 Å². The maximum absolute atomic E-state index is 12.8. The van der Waals surface area contributed by atoms with E-state index in [1.807, 2.05) is 0 Å². The fourth-order valence-corrected chi connectivity index (χ4v) is 4.35. The highest BCUT2D eigenvalue weighted by Gasteiger charge is 2.43. The summed E-state index contributed by atoms with van der Waals surface area (Å²) in [5.41, 5.74) is 0. The number of carbonyl (C=O) groups is 2. The number of aliphatic hydroxyl groups excluding tert-OH is 3. The van der Waals surface area contributed by atoms with Crippen molar-refractivity contribution in [2.75, 3.05) is 0 Å². The number of unbranched alkanes of at least 4 members (excludes halogenated alkanes) is 7. The Hall–Kier alpha value is -1.52. The van der Waals surface area contributed by atoms with Crippen molar-refractivity contribution >= 4 is 11.9 Å². The van der Waals surface area contributed by atoms with E-state index in [2.05, 4.69) is 26.0 Å². The Bertz CT molecular complexity index is 654. The first kappa shape index (κ1) is 33.5. The molecule has 0 aliphatic carbocycles. The highest BCUT2D eigenvalue weighted by atomic mass is 16.7. The van der Waals surface area contributed by atoms with Crippen molar-refractivity contribution in [3.05, 3.63) is 12.2 Å². The second-order valence-electron chi connectivity index (χ2n) is 10.1. The maximum atomic E-state index is 12.8. The Labute approximate surface area is 222 Å². The molecule has 0 amide bonds. The lowest BCUT2D eigenvalue weighted by Gasteiger charge is -2.40. The van der Waals surface area contributed by atoms with Crippen molar-refractivity contribution in [1.82, 2.24) is 0 Å². The molecule has 37 heavy (non-hydrogen) atoms. The molecule has 1 aliphatic rings. The molecule has 0 aromatic rings. The average molecular weight is 531 g/mol. The molecular weight excluding hydrogens is 480 g/mol. The summed E-state index contributed by atoms with van der Waals surface area (Å²) < 4.78 is 17.0. The van der Waals surface area contributed by atoms with Crippen LogP contribution in [0.5, 0.6) is 0 Å². The minimum Gasteiger partial charge on any atom is -0.481 e. The van der Waals surface area contributed by atoms with Gasteiger partial charge in [0.05, 0.1) is 25.0 Å². The molecule has 1 aliphatic heterocycles. The second-order valence-corrected chi connectivity index (χ2v) is 10.1. The molecule has 0 saturated carbocycles. The standard InChI is InChI=1S/C28H50O9/c1-4-6-8-10-11-13-15-17-22(37-28-27(34)26(33)25(32)20(3)35-28)19-24(31)36-21(18-23(29)30)16-14-12-9-7-5-2/h10-11,20-22,25-28,32-34H,4-9,12-19H2,1-3H3,(H,29,30). The van der Waals surface area contributed by atoms with E-state index in [0.717, 1.165) is 64.2 Å². The number of ether oxygens (including phenoxy) is 3. The highest BCUT2D eigenvalue weighted by molar-refractivity contribution is 5.72. The first-order chi connectivity index (χ1) is 17.7. The predicted molar refractivity (Wildman–Crippen MR) is 140 cm³/mol. The van der Waals surface area contributed by atoms with Gasteiger partial charge in [-0.15, -0.1) is 0 Å². The third-order valence-corrected chi connectivity index (χ3v) is 6.65. The fourth-order valence-electron chi connectivity index (χ4n) is 4.35. The molecule has 1 fully saturated rings. The van der Waals surface area contributed by atoms with Gasteiger partial charge in [-0.05, 0) is 45.4 Å². The van der Waals surface area contributed by atoms with Crippen LogP contribution < -0.4 is 0 Å². The van der Waals surface area contributed by atoms with Gasteiger partial charge in [-0.2, -0.15) is 0 Å². The van der Waals surface area contributed by atoms with Gasteiger partial charge in [-0.25, -0.2) is 0 Å². The van der Waals surface area contributed by atoms with Gasteiger partial charge in [0, 0.05) is 0 Å². The molecule has 1 saturated heterocycles. The van der Waals surface area contributed by atoms with Gasteiger partial charge >= 0.3 is 11.9 Å². The molecule has 0 aromatic carbocycles. The Balaban J connectivity index is 2.74. The van der Waals surface area contributed by atoms with Crippen LogP contribution in [0.25, 0.3) is 0 Å². The van der Waals surface area contributed by atoms with Crippen molar-refractivity contribution in [2.45, 2.75) is 154 Å². The number of esters is 1. The zero-order valence-electron chi connectivity index (χ0n) is 22.9. The quantitative estimate of drug-likeness (QED) is 0.103. The fraction of sp³-hybridized carbons (Fsp3) is 0.857. The molecule has 0 bridgehead atoms. The molecule has 9 heteroatoms. The van der Waals surface area contributed by atoms with Crippen LogP contribution in [0.1, 0.15) is 111 Å². The summed E-state index contributed by atoms with van der Waals surface area (Å²) >= 11 is 0. The number of hydrogen-bond donors (Lipinski definition) is 4. The summed E-state index contributed by atoms with van der Waals surface area (Å²) in [5, 5.41) is 39.7. The van der Waals surface area contributed by atoms with Crippen LogP contribution in [0, 0.1) is 0 Å². The van der Waals surface area contributed by atoms with Crippen LogP contribution in [0.3, 0.4) is 0 Å². The summed E-state index contributed by atoms with van der Waals surface area (Å²) in [6.07, 6.45) is 7.17. The predicted octanol–water partition coefficient (Wildman–Crippen LogP) is 4.25. The van der Waals surface area contributed by atoms with Gasteiger partial charge < -0.3 is 34.6 Å². The third kappa shape index (κ3) is 14.3. The molecule has 216 valence electrons. The van der Waals surface area contributed by atoms with E-state index in [-0.39, 0.29) is 12.8 Å². The minimum atomic E-state index is -1.47. The van der Waals surface area contributed by atoms with Gasteiger partial charge in [-0.1, -0.05) is 64.5 Å². The zero-order valence-corrected chi connectivity index (χ0v) is 22.9. The van der Waals surface area contributed by atoms with Crippen LogP contribution in [-0.4, -0.2) is 75.3 Å². The molecule has 7 unspecified atom stereocenters. The van der Waals surface area contributed by atoms with E-state index in [0.29, 0.717) is 12.8 Å². The summed E-state index contributed by atoms with van der Waals surface area (Å²) in [6, 6.07) is 0. The number of carbonyl (C=O) groups excluding carboxylic acids is 1. The lowest BCUT2D eigenvalue weighted by atomic mass is 10.00. The molecule has 0 radical (unpaired) electrons. The van der Waals surface area contributed by atoms with Crippen molar-refractivity contribution in [2.24, 2.45) is 0 Å². The molecular formula is C28H50O9. The van der Waals surface area contributed by atoms with E-state index in [1.165, 1.54) is 0 Å². The van der Waals surface area contributed by atoms with E-state index < -0.39 is 54.9 Å². The van der Waals surface area contributed by atoms with Crippen LogP contribution in [0.15, 0.2) is 12.2 Å². The number of rotatable bonds is 20. The van der Waals surface area contributed by atoms with Gasteiger partial charge in [0.15, 0.2) is 6.29 Å². The number of allylic oxidation sites excluding steroid dienone is 2. The van der Waals surface area contributed by atoms with E-state index in [4.69, 9.17) is 14.2 Å². The van der Waals surface area contributed by atoms with E-state index in [1.54, 1.807) is 6.92 Å². The molecule has 0 spiro atoms. The lowest BCUT2D eigenvalue weighted by Crippen LogP contribution is -2.58. The zero-order chi connectivity index (χ0) is 27.6. The van der Waals surface area contributed by atoms with Crippen molar-refractivity contribution in [1.29, 1.82) is 0 Å². The Morgan fingerprint density at radius 2 is 1.43 bits per heavy atom. The van der Waals surface area contributed by atoms with Gasteiger partial charge in [0.25, 0.3) is 0 Å². The number of carboxylic acids is 1. The Morgan fingerprint density at radius 3 is 2.08 bits per heavy atom. The minimum absolute atomic E-state index is 0.134. The SMILES string of the molecule is CCCCC=CCCCC(CC(=O)OC(CCCCCCC)CC(=O)O)OC1OC(C)C(O)C(O)C1O. The van der Waals surface area contributed by atoms with Crippen molar-refractivity contribution in [3.8, 4) is 0 Å². The van der Waals surface area contributed by atoms with Crippen LogP contribution in [-0.2, 0) is 23.8 Å². The van der Waals surface area contributed by atoms with Gasteiger partial charge in [0.2, 0.25) is 0 Å². The van der Waals surface area contributed by atoms with Crippen molar-refractivity contribution in [3.63, 3.8) is 0 Å². The Kier molecular flexibility index (Phi) is 17.7. The summed E-state index contributed by atoms with van der Waals surface area (Å²) in [6.45, 7) is 5.83. The number of aliphatic carboxylic acids is 1. The molecule has 9 nitrogen and oxygen atoms in total. The van der Waals surface area contributed by atoms with Crippen LogP contribution in [0.2, 0.25) is 0 Å². The molecule has 1 heterocycles. The highest BCUT2D eigenvalue weighted by Crippen LogP contribution is 2.25. The number of hydrogen-bond acceptors (Lipinski definition) is 8. The van der Waals surface area contributed by atoms with Crippen LogP contribution in [0.4, 0.5) is 0 Å². The topological polar surface area (TPSA) is 143 Å². The van der Waals surface area contributed by atoms with E-state index in [9.17, 15) is 30.0 Å². The van der Waals surface area contributed by atoms with Gasteiger partial charge in [0.1, 0.15) is 24.4 Å². The molecule has 0 aromatic heterocycles. The third-order valence-electron chi connectivity index (χ3n) is 6.65. The molecule has 4 N–H and O–H groups in total. The number of aliphatic hydroxyl groups is 3. The summed E-state index contributed by atoms with van der Waals surface area (Å²) in [5.74, 6) is -1.59. The molecule has 1 rings (SSSR count). The van der Waals surface area contributed by atoms with Crippen molar-refractivity contribution < 1.29 is 44.2 Å². The first-order valence-electron chi connectivity index (χ1n) is 14.1. The average Bonchev–Trinajstić information content (AvgIpc) is 2.84. The monoisotopic (exact) mass is 530 g/mol. The largest absolute Gasteiger partial charge is 0.481 e. The van der Waals surface area contributed by atoms with E-state index >= 15 is 0 Å². The smallest absolute Gasteiger partial charge is 0.308 e. The summed E-state index contributed by atoms with van der Waals surface area (Å²) in [4.78, 5) is 24.1. The van der Waals surface area contributed by atoms with Crippen LogP contribution >= 0.6 is 0 Å². The normalized spacial score (nSPS) is 25.7.